The minimum absolute atomic E-state index is 0.164. The molecule has 1 aromatic heterocycles. The molecule has 0 bridgehead atoms. The SMILES string of the molecule is CN1CC[C@@H](NC(=O)NCCn2ccnc2)[C@@H]1c1ccc(F)c(F)c1. The van der Waals surface area contributed by atoms with Crippen molar-refractivity contribution in [2.75, 3.05) is 20.1 Å². The van der Waals surface area contributed by atoms with Gasteiger partial charge in [0.25, 0.3) is 0 Å². The second kappa shape index (κ2) is 7.60. The van der Waals surface area contributed by atoms with Crippen molar-refractivity contribution in [1.29, 1.82) is 0 Å². The van der Waals surface area contributed by atoms with Gasteiger partial charge in [-0.25, -0.2) is 18.6 Å². The highest BCUT2D eigenvalue weighted by Gasteiger charge is 2.34. The van der Waals surface area contributed by atoms with Gasteiger partial charge in [-0.2, -0.15) is 0 Å². The smallest absolute Gasteiger partial charge is 0.315 e. The van der Waals surface area contributed by atoms with Gasteiger partial charge < -0.3 is 15.2 Å². The summed E-state index contributed by atoms with van der Waals surface area (Å²) in [6.45, 7) is 1.87. The van der Waals surface area contributed by atoms with Crippen molar-refractivity contribution in [3.63, 3.8) is 0 Å². The van der Waals surface area contributed by atoms with Crippen LogP contribution in [0, 0.1) is 11.6 Å². The molecule has 2 atom stereocenters. The Kier molecular flexibility index (Phi) is 5.28. The van der Waals surface area contributed by atoms with Gasteiger partial charge in [0.05, 0.1) is 18.4 Å². The van der Waals surface area contributed by atoms with Crippen LogP contribution in [0.5, 0.6) is 0 Å². The van der Waals surface area contributed by atoms with Crippen LogP contribution in [0.2, 0.25) is 0 Å². The Morgan fingerprint density at radius 1 is 1.36 bits per heavy atom. The second-order valence-corrected chi connectivity index (χ2v) is 6.19. The predicted molar refractivity (Wildman–Crippen MR) is 88.9 cm³/mol. The second-order valence-electron chi connectivity index (χ2n) is 6.19. The molecule has 0 unspecified atom stereocenters. The fourth-order valence-corrected chi connectivity index (χ4v) is 3.22. The highest BCUT2D eigenvalue weighted by molar-refractivity contribution is 5.74. The summed E-state index contributed by atoms with van der Waals surface area (Å²) in [5.41, 5.74) is 0.655. The maximum atomic E-state index is 13.5. The third-order valence-electron chi connectivity index (χ3n) is 4.47. The number of imidazole rings is 1. The third-order valence-corrected chi connectivity index (χ3v) is 4.47. The van der Waals surface area contributed by atoms with Crippen molar-refractivity contribution in [3.8, 4) is 0 Å². The molecule has 2 aromatic rings. The van der Waals surface area contributed by atoms with E-state index in [1.54, 1.807) is 18.6 Å². The molecule has 0 saturated carbocycles. The first-order valence-corrected chi connectivity index (χ1v) is 8.20. The van der Waals surface area contributed by atoms with Crippen LogP contribution in [0.15, 0.2) is 36.9 Å². The van der Waals surface area contributed by atoms with E-state index < -0.39 is 11.6 Å². The highest BCUT2D eigenvalue weighted by Crippen LogP contribution is 2.31. The Hall–Kier alpha value is -2.48. The number of carbonyl (C=O) groups excluding carboxylic acids is 1. The van der Waals surface area contributed by atoms with Crippen LogP contribution in [0.4, 0.5) is 13.6 Å². The van der Waals surface area contributed by atoms with E-state index >= 15 is 0 Å². The maximum absolute atomic E-state index is 13.5. The van der Waals surface area contributed by atoms with Gasteiger partial charge in [-0.05, 0) is 31.2 Å². The zero-order chi connectivity index (χ0) is 17.8. The normalized spacial score (nSPS) is 20.6. The first kappa shape index (κ1) is 17.3. The standard InChI is InChI=1S/C17H21F2N5O/c1-23-7-4-15(16(23)12-2-3-13(18)14(19)10-12)22-17(25)21-6-9-24-8-5-20-11-24/h2-3,5,8,10-11,15-16H,4,6-7,9H2,1H3,(H2,21,22,25)/t15-,16+/m1/s1. The van der Waals surface area contributed by atoms with Gasteiger partial charge in [-0.1, -0.05) is 6.07 Å². The first-order chi connectivity index (χ1) is 12.0. The predicted octanol–water partition coefficient (Wildman–Crippen LogP) is 1.91. The first-order valence-electron chi connectivity index (χ1n) is 8.20. The minimum atomic E-state index is -0.874. The molecule has 1 saturated heterocycles. The Morgan fingerprint density at radius 3 is 2.92 bits per heavy atom. The molecular formula is C17H21F2N5O. The molecule has 1 aromatic carbocycles. The van der Waals surface area contributed by atoms with Crippen LogP contribution in [0.1, 0.15) is 18.0 Å². The zero-order valence-corrected chi connectivity index (χ0v) is 14.0. The molecule has 1 fully saturated rings. The molecule has 0 radical (unpaired) electrons. The Bertz CT molecular complexity index is 722. The maximum Gasteiger partial charge on any atom is 0.315 e. The molecular weight excluding hydrogens is 328 g/mol. The molecule has 3 rings (SSSR count). The Labute approximate surface area is 144 Å². The van der Waals surface area contributed by atoms with E-state index in [4.69, 9.17) is 0 Å². The summed E-state index contributed by atoms with van der Waals surface area (Å²) in [5, 5.41) is 5.74. The molecule has 1 aliphatic heterocycles. The topological polar surface area (TPSA) is 62.2 Å². The summed E-state index contributed by atoms with van der Waals surface area (Å²) in [6, 6.07) is 3.27. The number of halogens is 2. The molecule has 2 amide bonds. The number of likely N-dealkylation sites (N-methyl/N-ethyl adjacent to an activating group) is 1. The van der Waals surface area contributed by atoms with Crippen LogP contribution in [-0.4, -0.2) is 46.7 Å². The molecule has 25 heavy (non-hydrogen) atoms. The van der Waals surface area contributed by atoms with E-state index in [0.29, 0.717) is 18.7 Å². The summed E-state index contributed by atoms with van der Waals surface area (Å²) < 4.78 is 28.6. The van der Waals surface area contributed by atoms with E-state index in [1.807, 2.05) is 22.7 Å². The summed E-state index contributed by atoms with van der Waals surface area (Å²) in [7, 11) is 1.91. The van der Waals surface area contributed by atoms with Gasteiger partial charge in [-0.15, -0.1) is 0 Å². The van der Waals surface area contributed by atoms with Crippen molar-refractivity contribution < 1.29 is 13.6 Å². The van der Waals surface area contributed by atoms with E-state index in [-0.39, 0.29) is 18.1 Å². The molecule has 1 aliphatic rings. The van der Waals surface area contributed by atoms with E-state index in [2.05, 4.69) is 15.6 Å². The van der Waals surface area contributed by atoms with Gasteiger partial charge in [-0.3, -0.25) is 4.90 Å². The molecule has 2 N–H and O–H groups in total. The Balaban J connectivity index is 1.58. The van der Waals surface area contributed by atoms with Crippen molar-refractivity contribution in [1.82, 2.24) is 25.1 Å². The quantitative estimate of drug-likeness (QED) is 0.867. The van der Waals surface area contributed by atoms with Crippen LogP contribution in [-0.2, 0) is 6.54 Å². The number of likely N-dealkylation sites (tertiary alicyclic amines) is 1. The van der Waals surface area contributed by atoms with Crippen LogP contribution >= 0.6 is 0 Å². The monoisotopic (exact) mass is 349 g/mol. The molecule has 2 heterocycles. The molecule has 0 spiro atoms. The lowest BCUT2D eigenvalue weighted by Gasteiger charge is -2.26. The van der Waals surface area contributed by atoms with E-state index in [1.165, 1.54) is 6.07 Å². The average Bonchev–Trinajstić information content (AvgIpc) is 3.21. The number of nitrogens with one attached hydrogen (secondary N) is 2. The van der Waals surface area contributed by atoms with Crippen molar-refractivity contribution in [3.05, 3.63) is 54.1 Å². The lowest BCUT2D eigenvalue weighted by atomic mass is 10.00. The van der Waals surface area contributed by atoms with Crippen molar-refractivity contribution >= 4 is 6.03 Å². The molecule has 8 heteroatoms. The lowest BCUT2D eigenvalue weighted by molar-refractivity contribution is 0.229. The number of amides is 2. The van der Waals surface area contributed by atoms with Crippen LogP contribution in [0.3, 0.4) is 0 Å². The number of hydrogen-bond acceptors (Lipinski definition) is 3. The molecule has 134 valence electrons. The van der Waals surface area contributed by atoms with Gasteiger partial charge in [0, 0.05) is 32.0 Å². The lowest BCUT2D eigenvalue weighted by Crippen LogP contribution is -2.45. The van der Waals surface area contributed by atoms with Crippen molar-refractivity contribution in [2.24, 2.45) is 0 Å². The molecule has 0 aliphatic carbocycles. The number of rotatable bonds is 5. The van der Waals surface area contributed by atoms with E-state index in [9.17, 15) is 13.6 Å². The van der Waals surface area contributed by atoms with Gasteiger partial charge in [0.15, 0.2) is 11.6 Å². The number of benzene rings is 1. The number of urea groups is 1. The summed E-state index contributed by atoms with van der Waals surface area (Å²) in [5.74, 6) is -1.74. The highest BCUT2D eigenvalue weighted by atomic mass is 19.2. The minimum Gasteiger partial charge on any atom is -0.336 e. The number of carbonyl (C=O) groups is 1. The number of hydrogen-bond donors (Lipinski definition) is 2. The largest absolute Gasteiger partial charge is 0.336 e. The zero-order valence-electron chi connectivity index (χ0n) is 14.0. The summed E-state index contributed by atoms with van der Waals surface area (Å²) in [6.07, 6.45) is 5.94. The summed E-state index contributed by atoms with van der Waals surface area (Å²) >= 11 is 0. The van der Waals surface area contributed by atoms with E-state index in [0.717, 1.165) is 19.0 Å². The fraction of sp³-hybridized carbons (Fsp3) is 0.412. The van der Waals surface area contributed by atoms with Crippen molar-refractivity contribution in [2.45, 2.75) is 25.0 Å². The summed E-state index contributed by atoms with van der Waals surface area (Å²) in [4.78, 5) is 18.1. The molecule has 6 nitrogen and oxygen atoms in total. The van der Waals surface area contributed by atoms with Gasteiger partial charge in [0.2, 0.25) is 0 Å². The Morgan fingerprint density at radius 2 is 2.20 bits per heavy atom. The number of nitrogens with zero attached hydrogens (tertiary/aromatic N) is 3. The van der Waals surface area contributed by atoms with Crippen LogP contribution < -0.4 is 10.6 Å². The third kappa shape index (κ3) is 4.14. The van der Waals surface area contributed by atoms with Crippen LogP contribution in [0.25, 0.3) is 0 Å². The number of aromatic nitrogens is 2. The van der Waals surface area contributed by atoms with Gasteiger partial charge in [0.1, 0.15) is 0 Å². The average molecular weight is 349 g/mol. The van der Waals surface area contributed by atoms with Gasteiger partial charge >= 0.3 is 6.03 Å². The fourth-order valence-electron chi connectivity index (χ4n) is 3.22.